The summed E-state index contributed by atoms with van der Waals surface area (Å²) in [5.41, 5.74) is -1.17. The van der Waals surface area contributed by atoms with Gasteiger partial charge in [-0.05, 0) is 6.92 Å². The fourth-order valence-corrected chi connectivity index (χ4v) is 1.70. The summed E-state index contributed by atoms with van der Waals surface area (Å²) in [5.74, 6) is 5.38. The highest BCUT2D eigenvalue weighted by Crippen LogP contribution is 2.36. The average Bonchev–Trinajstić information content (AvgIpc) is 2.59. The summed E-state index contributed by atoms with van der Waals surface area (Å²) in [6, 6.07) is 1.46. The van der Waals surface area contributed by atoms with Crippen LogP contribution in [0.15, 0.2) is 0 Å². The third kappa shape index (κ3) is 2.37. The Morgan fingerprint density at radius 3 is 2.53 bits per heavy atom. The molecule has 0 saturated heterocycles. The van der Waals surface area contributed by atoms with Gasteiger partial charge in [0.25, 0.3) is 0 Å². The molecule has 82 valence electrons. The van der Waals surface area contributed by atoms with Crippen LogP contribution in [0.1, 0.15) is 17.5 Å². The van der Waals surface area contributed by atoms with Crippen molar-refractivity contribution in [2.45, 2.75) is 13.1 Å². The first-order valence-corrected chi connectivity index (χ1v) is 4.72. The molecule has 15 heavy (non-hydrogen) atoms. The molecule has 1 rings (SSSR count). The highest BCUT2D eigenvalue weighted by atomic mass is 32.1. The minimum atomic E-state index is -4.62. The number of thiazole rings is 1. The van der Waals surface area contributed by atoms with Crippen molar-refractivity contribution in [1.82, 2.24) is 4.98 Å². The molecule has 1 heterocycles. The molecule has 0 saturated carbocycles. The van der Waals surface area contributed by atoms with Gasteiger partial charge < -0.3 is 0 Å². The topological polar surface area (TPSA) is 65.9 Å². The number of halogens is 3. The zero-order chi connectivity index (χ0) is 11.6. The van der Waals surface area contributed by atoms with Gasteiger partial charge in [-0.25, -0.2) is 10.8 Å². The van der Waals surface area contributed by atoms with Crippen LogP contribution < -0.4 is 10.9 Å². The molecule has 0 radical (unpaired) electrons. The van der Waals surface area contributed by atoms with Crippen LogP contribution >= 0.6 is 11.3 Å². The van der Waals surface area contributed by atoms with Crippen molar-refractivity contribution < 1.29 is 13.2 Å². The van der Waals surface area contributed by atoms with E-state index in [1.54, 1.807) is 6.92 Å². The molecular formula is C7H7F3N4S. The third-order valence-electron chi connectivity index (χ3n) is 1.57. The van der Waals surface area contributed by atoms with Gasteiger partial charge in [0, 0.05) is 6.54 Å². The standard InChI is InChI=1S/C7H7F3N4S/c1-2-14(12)6-13-5(7(8,9)10)4(3-11)15-6/h2,12H2,1H3. The van der Waals surface area contributed by atoms with Crippen molar-refractivity contribution in [2.75, 3.05) is 11.6 Å². The first-order valence-electron chi connectivity index (χ1n) is 3.90. The number of aromatic nitrogens is 1. The van der Waals surface area contributed by atoms with Gasteiger partial charge in [0.2, 0.25) is 5.13 Å². The van der Waals surface area contributed by atoms with Crippen LogP contribution in [0.4, 0.5) is 18.3 Å². The molecule has 0 atom stereocenters. The highest BCUT2D eigenvalue weighted by Gasteiger charge is 2.38. The summed E-state index contributed by atoms with van der Waals surface area (Å²) in [6.07, 6.45) is -4.62. The van der Waals surface area contributed by atoms with Crippen molar-refractivity contribution in [2.24, 2.45) is 5.84 Å². The second-order valence-electron chi connectivity index (χ2n) is 2.57. The van der Waals surface area contributed by atoms with E-state index in [9.17, 15) is 13.2 Å². The molecule has 1 aromatic heterocycles. The zero-order valence-corrected chi connectivity index (χ0v) is 8.48. The first-order chi connectivity index (χ1) is 6.90. The minimum Gasteiger partial charge on any atom is -0.286 e. The molecule has 0 aliphatic rings. The van der Waals surface area contributed by atoms with E-state index < -0.39 is 16.7 Å². The Kier molecular flexibility index (Phi) is 3.16. The fraction of sp³-hybridized carbons (Fsp3) is 0.429. The Balaban J connectivity index is 3.19. The number of nitriles is 1. The Hall–Kier alpha value is -1.33. The molecule has 0 aliphatic carbocycles. The molecule has 0 bridgehead atoms. The van der Waals surface area contributed by atoms with Gasteiger partial charge in [0.05, 0.1) is 0 Å². The van der Waals surface area contributed by atoms with Crippen molar-refractivity contribution in [3.8, 4) is 6.07 Å². The maximum atomic E-state index is 12.3. The van der Waals surface area contributed by atoms with E-state index in [0.29, 0.717) is 17.9 Å². The molecule has 0 fully saturated rings. The number of alkyl halides is 3. The molecule has 0 aromatic carbocycles. The van der Waals surface area contributed by atoms with Gasteiger partial charge in [-0.2, -0.15) is 18.4 Å². The van der Waals surface area contributed by atoms with Gasteiger partial charge in [-0.3, -0.25) is 5.01 Å². The summed E-state index contributed by atoms with van der Waals surface area (Å²) < 4.78 is 37.0. The number of anilines is 1. The predicted octanol–water partition coefficient (Wildman–Crippen LogP) is 1.73. The number of hydrogen-bond donors (Lipinski definition) is 1. The van der Waals surface area contributed by atoms with E-state index in [1.165, 1.54) is 6.07 Å². The van der Waals surface area contributed by atoms with Gasteiger partial charge >= 0.3 is 6.18 Å². The van der Waals surface area contributed by atoms with Crippen molar-refractivity contribution >= 4 is 16.5 Å². The third-order valence-corrected chi connectivity index (χ3v) is 2.57. The fourth-order valence-electron chi connectivity index (χ4n) is 0.835. The molecule has 0 aliphatic heterocycles. The second kappa shape index (κ2) is 4.04. The smallest absolute Gasteiger partial charge is 0.286 e. The Morgan fingerprint density at radius 1 is 1.60 bits per heavy atom. The largest absolute Gasteiger partial charge is 0.435 e. The molecule has 4 nitrogen and oxygen atoms in total. The summed E-state index contributed by atoms with van der Waals surface area (Å²) in [5, 5.41) is 9.55. The van der Waals surface area contributed by atoms with Gasteiger partial charge in [0.15, 0.2) is 5.69 Å². The number of nitrogens with two attached hydrogens (primary N) is 1. The maximum absolute atomic E-state index is 12.3. The van der Waals surface area contributed by atoms with E-state index in [2.05, 4.69) is 4.98 Å². The number of hydrogen-bond acceptors (Lipinski definition) is 5. The quantitative estimate of drug-likeness (QED) is 0.627. The zero-order valence-electron chi connectivity index (χ0n) is 7.67. The number of rotatable bonds is 2. The summed E-state index contributed by atoms with van der Waals surface area (Å²) >= 11 is 0.628. The lowest BCUT2D eigenvalue weighted by Gasteiger charge is -2.10. The molecule has 0 amide bonds. The van der Waals surface area contributed by atoms with Crippen LogP contribution in [0.5, 0.6) is 0 Å². The van der Waals surface area contributed by atoms with E-state index in [4.69, 9.17) is 11.1 Å². The van der Waals surface area contributed by atoms with Gasteiger partial charge in [0.1, 0.15) is 10.9 Å². The molecule has 2 N–H and O–H groups in total. The van der Waals surface area contributed by atoms with Crippen molar-refractivity contribution in [3.63, 3.8) is 0 Å². The Morgan fingerprint density at radius 2 is 2.20 bits per heavy atom. The molecule has 8 heteroatoms. The molecule has 0 spiro atoms. The van der Waals surface area contributed by atoms with Crippen molar-refractivity contribution in [1.29, 1.82) is 5.26 Å². The number of hydrazine groups is 1. The summed E-state index contributed by atoms with van der Waals surface area (Å²) in [6.45, 7) is 1.98. The van der Waals surface area contributed by atoms with Crippen molar-refractivity contribution in [3.05, 3.63) is 10.6 Å². The minimum absolute atomic E-state index is 0.0126. The van der Waals surface area contributed by atoms with E-state index in [0.717, 1.165) is 5.01 Å². The molecule has 1 aromatic rings. The lowest BCUT2D eigenvalue weighted by molar-refractivity contribution is -0.140. The van der Waals surface area contributed by atoms with E-state index in [-0.39, 0.29) is 5.13 Å². The summed E-state index contributed by atoms with van der Waals surface area (Å²) in [7, 11) is 0. The molecular weight excluding hydrogens is 229 g/mol. The van der Waals surface area contributed by atoms with E-state index in [1.807, 2.05) is 0 Å². The Bertz CT molecular complexity index is 392. The molecule has 0 unspecified atom stereocenters. The van der Waals surface area contributed by atoms with Crippen LogP contribution in [0.3, 0.4) is 0 Å². The van der Waals surface area contributed by atoms with Crippen LogP contribution in [0.2, 0.25) is 0 Å². The lowest BCUT2D eigenvalue weighted by Crippen LogP contribution is -2.30. The average molecular weight is 236 g/mol. The van der Waals surface area contributed by atoms with E-state index >= 15 is 0 Å². The van der Waals surface area contributed by atoms with Crippen LogP contribution in [0.25, 0.3) is 0 Å². The van der Waals surface area contributed by atoms with Crippen LogP contribution in [-0.2, 0) is 6.18 Å². The lowest BCUT2D eigenvalue weighted by atomic mass is 10.4. The predicted molar refractivity (Wildman–Crippen MR) is 49.0 cm³/mol. The monoisotopic (exact) mass is 236 g/mol. The second-order valence-corrected chi connectivity index (χ2v) is 3.55. The first kappa shape index (κ1) is 11.7. The normalized spacial score (nSPS) is 11.2. The maximum Gasteiger partial charge on any atom is 0.435 e. The van der Waals surface area contributed by atoms with Gasteiger partial charge in [-0.1, -0.05) is 11.3 Å². The van der Waals surface area contributed by atoms with Crippen LogP contribution in [-0.4, -0.2) is 11.5 Å². The highest BCUT2D eigenvalue weighted by molar-refractivity contribution is 7.16. The summed E-state index contributed by atoms with van der Waals surface area (Å²) in [4.78, 5) is 2.82. The van der Waals surface area contributed by atoms with Crippen LogP contribution in [0, 0.1) is 11.3 Å². The SMILES string of the molecule is CCN(N)c1nc(C(F)(F)F)c(C#N)s1. The van der Waals surface area contributed by atoms with Gasteiger partial charge in [-0.15, -0.1) is 0 Å². The Labute approximate surface area is 87.7 Å². The number of nitrogens with zero attached hydrogens (tertiary/aromatic N) is 3.